The van der Waals surface area contributed by atoms with Gasteiger partial charge in [0.15, 0.2) is 0 Å². The molecule has 0 saturated carbocycles. The van der Waals surface area contributed by atoms with Crippen LogP contribution < -0.4 is 0 Å². The Labute approximate surface area is 176 Å². The van der Waals surface area contributed by atoms with Gasteiger partial charge in [0.2, 0.25) is 0 Å². The molecule has 12 nitrogen and oxygen atoms in total. The summed E-state index contributed by atoms with van der Waals surface area (Å²) in [5, 5.41) is 24.5. The van der Waals surface area contributed by atoms with Gasteiger partial charge in [-0.05, 0) is 27.7 Å². The van der Waals surface area contributed by atoms with E-state index in [1.54, 1.807) is 20.1 Å². The molecule has 30 heavy (non-hydrogen) atoms. The van der Waals surface area contributed by atoms with Crippen molar-refractivity contribution in [2.24, 2.45) is 0 Å². The van der Waals surface area contributed by atoms with Gasteiger partial charge in [-0.25, -0.2) is 14.4 Å². The Morgan fingerprint density at radius 2 is 1.50 bits per heavy atom. The molecule has 0 aliphatic carbocycles. The first-order valence-corrected chi connectivity index (χ1v) is 8.68. The maximum atomic E-state index is 10.3. The number of hydrogen-bond acceptors (Lipinski definition) is 10. The Kier molecular flexibility index (Phi) is 30.2. The van der Waals surface area contributed by atoms with Crippen molar-refractivity contribution in [3.63, 3.8) is 0 Å². The molecule has 0 fully saturated rings. The summed E-state index contributed by atoms with van der Waals surface area (Å²) in [6.07, 6.45) is -2.92. The predicted octanol–water partition coefficient (Wildman–Crippen LogP) is 2.08. The molecule has 12 heteroatoms. The fourth-order valence-corrected chi connectivity index (χ4v) is 0.926. The zero-order valence-corrected chi connectivity index (χ0v) is 18.3. The fourth-order valence-electron chi connectivity index (χ4n) is 0.926. The van der Waals surface area contributed by atoms with Gasteiger partial charge in [0, 0.05) is 14.0 Å². The lowest BCUT2D eigenvalue weighted by Gasteiger charge is -2.08. The van der Waals surface area contributed by atoms with Crippen molar-refractivity contribution in [2.75, 3.05) is 33.5 Å². The average molecular weight is 442 g/mol. The second-order valence-corrected chi connectivity index (χ2v) is 4.94. The molecule has 0 aromatic heterocycles. The van der Waals surface area contributed by atoms with E-state index in [0.717, 1.165) is 0 Å². The SMILES string of the molecule is C=CC.CC(COC(=O)O)OC(=O)O.CCOC(=O)C(C)O.COCCOC(C)=O. The van der Waals surface area contributed by atoms with Crippen LogP contribution in [0.4, 0.5) is 9.59 Å². The molecule has 0 amide bonds. The number of allylic oxidation sites excluding steroid dienone is 1. The summed E-state index contributed by atoms with van der Waals surface area (Å²) >= 11 is 0. The number of aliphatic hydroxyl groups is 1. The minimum atomic E-state index is -1.45. The Hall–Kier alpha value is -2.86. The minimum absolute atomic E-state index is 0.262. The molecule has 0 aliphatic heterocycles. The molecular weight excluding hydrogens is 408 g/mol. The molecule has 0 heterocycles. The number of ether oxygens (including phenoxy) is 5. The van der Waals surface area contributed by atoms with Crippen LogP contribution in [0.2, 0.25) is 0 Å². The largest absolute Gasteiger partial charge is 0.506 e. The lowest BCUT2D eigenvalue weighted by atomic mass is 10.4. The molecule has 0 aromatic rings. The number of carbonyl (C=O) groups is 4. The van der Waals surface area contributed by atoms with Crippen LogP contribution in [0.5, 0.6) is 0 Å². The van der Waals surface area contributed by atoms with E-state index >= 15 is 0 Å². The number of carbonyl (C=O) groups excluding carboxylic acids is 2. The monoisotopic (exact) mass is 442 g/mol. The van der Waals surface area contributed by atoms with Gasteiger partial charge in [0.25, 0.3) is 0 Å². The normalized spacial score (nSPS) is 10.5. The quantitative estimate of drug-likeness (QED) is 0.216. The second-order valence-electron chi connectivity index (χ2n) is 4.94. The van der Waals surface area contributed by atoms with Gasteiger partial charge < -0.3 is 39.0 Å². The maximum absolute atomic E-state index is 10.3. The average Bonchev–Trinajstić information content (AvgIpc) is 2.61. The molecule has 0 radical (unpaired) electrons. The van der Waals surface area contributed by atoms with E-state index in [1.165, 1.54) is 20.8 Å². The number of esters is 2. The van der Waals surface area contributed by atoms with Crippen molar-refractivity contribution in [3.05, 3.63) is 12.7 Å². The van der Waals surface area contributed by atoms with Crippen molar-refractivity contribution in [3.8, 4) is 0 Å². The van der Waals surface area contributed by atoms with Crippen LogP contribution in [0.3, 0.4) is 0 Å². The highest BCUT2D eigenvalue weighted by Crippen LogP contribution is 1.92. The Morgan fingerprint density at radius 3 is 1.77 bits per heavy atom. The van der Waals surface area contributed by atoms with E-state index in [9.17, 15) is 19.2 Å². The van der Waals surface area contributed by atoms with E-state index in [2.05, 4.69) is 30.3 Å². The van der Waals surface area contributed by atoms with E-state index in [0.29, 0.717) is 19.8 Å². The summed E-state index contributed by atoms with van der Waals surface area (Å²) in [5.74, 6) is -0.824. The van der Waals surface area contributed by atoms with Crippen LogP contribution in [-0.4, -0.2) is 85.3 Å². The molecular formula is C18H34O12. The first-order chi connectivity index (χ1) is 13.9. The molecule has 0 rings (SSSR count). The molecule has 0 saturated heterocycles. The highest BCUT2D eigenvalue weighted by atomic mass is 16.7. The number of rotatable bonds is 8. The summed E-state index contributed by atoms with van der Waals surface area (Å²) in [6, 6.07) is 0. The van der Waals surface area contributed by atoms with Crippen LogP contribution in [0.25, 0.3) is 0 Å². The first-order valence-electron chi connectivity index (χ1n) is 8.68. The summed E-state index contributed by atoms with van der Waals surface area (Å²) in [4.78, 5) is 39.9. The Balaban J connectivity index is -0.000000161. The molecule has 2 atom stereocenters. The molecule has 2 unspecified atom stereocenters. The zero-order chi connectivity index (χ0) is 24.5. The van der Waals surface area contributed by atoms with Gasteiger partial charge >= 0.3 is 24.2 Å². The standard InChI is InChI=1S/C5H8O6.2C5H10O3.C3H6/c1-3(11-5(8)9)2-10-4(6)7;1-5(6)8-4-3-7-2;1-3-8-5(7)4(2)6;1-3-2/h3H,2H2,1H3,(H,6,7)(H,8,9);3-4H2,1-2H3;4,6H,3H2,1-2H3;3H,1H2,2H3. The van der Waals surface area contributed by atoms with Crippen molar-refractivity contribution in [2.45, 2.75) is 46.8 Å². The molecule has 178 valence electrons. The first kappa shape index (κ1) is 34.6. The molecule has 3 N–H and O–H groups in total. The van der Waals surface area contributed by atoms with Crippen molar-refractivity contribution in [1.29, 1.82) is 0 Å². The highest BCUT2D eigenvalue weighted by Gasteiger charge is 2.09. The molecule has 0 bridgehead atoms. The third-order valence-corrected chi connectivity index (χ3v) is 1.96. The third kappa shape index (κ3) is 44.5. The van der Waals surface area contributed by atoms with Crippen molar-refractivity contribution in [1.82, 2.24) is 0 Å². The Morgan fingerprint density at radius 1 is 1.00 bits per heavy atom. The molecule has 0 spiro atoms. The summed E-state index contributed by atoms with van der Waals surface area (Å²) < 4.78 is 21.7. The van der Waals surface area contributed by atoms with Gasteiger partial charge in [-0.3, -0.25) is 4.79 Å². The van der Waals surface area contributed by atoms with E-state index in [1.807, 2.05) is 6.92 Å². The van der Waals surface area contributed by atoms with E-state index < -0.39 is 30.5 Å². The van der Waals surface area contributed by atoms with Crippen LogP contribution in [0.15, 0.2) is 12.7 Å². The topological polar surface area (TPSA) is 175 Å². The van der Waals surface area contributed by atoms with Crippen LogP contribution in [0.1, 0.15) is 34.6 Å². The lowest BCUT2D eigenvalue weighted by Crippen LogP contribution is -2.20. The van der Waals surface area contributed by atoms with Crippen LogP contribution >= 0.6 is 0 Å². The van der Waals surface area contributed by atoms with Gasteiger partial charge in [-0.1, -0.05) is 6.08 Å². The predicted molar refractivity (Wildman–Crippen MR) is 105 cm³/mol. The van der Waals surface area contributed by atoms with Gasteiger partial charge in [0.1, 0.15) is 25.4 Å². The van der Waals surface area contributed by atoms with Crippen LogP contribution in [0, 0.1) is 0 Å². The van der Waals surface area contributed by atoms with Gasteiger partial charge in [-0.2, -0.15) is 0 Å². The van der Waals surface area contributed by atoms with E-state index in [4.69, 9.17) is 15.3 Å². The minimum Gasteiger partial charge on any atom is -0.464 e. The van der Waals surface area contributed by atoms with Gasteiger partial charge in [0.05, 0.1) is 13.2 Å². The zero-order valence-electron chi connectivity index (χ0n) is 18.3. The smallest absolute Gasteiger partial charge is 0.464 e. The second kappa shape index (κ2) is 26.1. The summed E-state index contributed by atoms with van der Waals surface area (Å²) in [7, 11) is 1.56. The molecule has 0 aliphatic rings. The summed E-state index contributed by atoms with van der Waals surface area (Å²) in [5.41, 5.74) is 0. The van der Waals surface area contributed by atoms with Crippen molar-refractivity contribution < 1.29 is 58.2 Å². The molecule has 0 aromatic carbocycles. The maximum Gasteiger partial charge on any atom is 0.506 e. The highest BCUT2D eigenvalue weighted by molar-refractivity contribution is 5.73. The number of carboxylic acid groups (broad SMARTS) is 2. The third-order valence-electron chi connectivity index (χ3n) is 1.96. The van der Waals surface area contributed by atoms with Crippen LogP contribution in [-0.2, 0) is 33.3 Å². The lowest BCUT2D eigenvalue weighted by molar-refractivity contribution is -0.151. The van der Waals surface area contributed by atoms with E-state index in [-0.39, 0.29) is 12.6 Å². The number of hydrogen-bond donors (Lipinski definition) is 3. The fraction of sp³-hybridized carbons (Fsp3) is 0.667. The number of aliphatic hydroxyl groups excluding tert-OH is 1. The summed E-state index contributed by atoms with van der Waals surface area (Å²) in [6.45, 7) is 11.9. The Bertz CT molecular complexity index is 462. The number of methoxy groups -OCH3 is 1. The van der Waals surface area contributed by atoms with Gasteiger partial charge in [-0.15, -0.1) is 6.58 Å². The van der Waals surface area contributed by atoms with Crippen molar-refractivity contribution >= 4 is 24.2 Å².